The van der Waals surface area contributed by atoms with Gasteiger partial charge in [-0.25, -0.2) is 4.79 Å². The monoisotopic (exact) mass is 399 g/mol. The van der Waals surface area contributed by atoms with E-state index in [4.69, 9.17) is 9.47 Å². The van der Waals surface area contributed by atoms with E-state index < -0.39 is 4.92 Å². The third-order valence-corrected chi connectivity index (χ3v) is 4.85. The topological polar surface area (TPSA) is 110 Å². The smallest absolute Gasteiger partial charge is 0.363 e. The molecule has 1 N–H and O–H groups in total. The van der Waals surface area contributed by atoms with E-state index in [1.165, 1.54) is 12.3 Å². The summed E-state index contributed by atoms with van der Waals surface area (Å²) in [6.45, 7) is 3.51. The Morgan fingerprint density at radius 1 is 1.07 bits per heavy atom. The number of amides is 2. The highest BCUT2D eigenvalue weighted by Gasteiger charge is 2.23. The summed E-state index contributed by atoms with van der Waals surface area (Å²) in [5.74, 6) is 1.14. The van der Waals surface area contributed by atoms with Crippen LogP contribution in [0.1, 0.15) is 6.42 Å². The van der Waals surface area contributed by atoms with Crippen molar-refractivity contribution >= 4 is 23.2 Å². The van der Waals surface area contributed by atoms with Crippen LogP contribution in [-0.2, 0) is 0 Å². The van der Waals surface area contributed by atoms with Gasteiger partial charge in [-0.1, -0.05) is 0 Å². The number of carbonyl (C=O) groups excluding carboxylic acids is 1. The van der Waals surface area contributed by atoms with E-state index in [0.29, 0.717) is 56.6 Å². The quantitative estimate of drug-likeness (QED) is 0.624. The van der Waals surface area contributed by atoms with E-state index in [1.807, 2.05) is 4.90 Å². The second-order valence-corrected chi connectivity index (χ2v) is 6.75. The van der Waals surface area contributed by atoms with Crippen molar-refractivity contribution in [2.75, 3.05) is 49.6 Å². The highest BCUT2D eigenvalue weighted by atomic mass is 16.6. The summed E-state index contributed by atoms with van der Waals surface area (Å²) in [7, 11) is 0. The van der Waals surface area contributed by atoms with Gasteiger partial charge in [-0.15, -0.1) is 0 Å². The molecule has 2 aliphatic heterocycles. The van der Waals surface area contributed by atoms with Crippen LogP contribution in [0.2, 0.25) is 0 Å². The van der Waals surface area contributed by atoms with Gasteiger partial charge in [0, 0.05) is 50.4 Å². The number of carbonyl (C=O) groups is 1. The number of anilines is 2. The first-order valence-electron chi connectivity index (χ1n) is 9.41. The average Bonchev–Trinajstić information content (AvgIpc) is 2.99. The standard InChI is InChI=1S/C19H21N5O5/c25-19(21-14-2-4-16-17(12-14)29-11-1-10-28-16)23-8-6-22(7-9-23)15-3-5-18(20-13-15)24(26)27/h2-5,12-13H,1,6-11H2,(H,21,25). The van der Waals surface area contributed by atoms with Crippen LogP contribution >= 0.6 is 0 Å². The second-order valence-electron chi connectivity index (χ2n) is 6.75. The molecule has 10 heteroatoms. The van der Waals surface area contributed by atoms with Gasteiger partial charge in [0.2, 0.25) is 0 Å². The number of nitrogens with zero attached hydrogens (tertiary/aromatic N) is 4. The summed E-state index contributed by atoms with van der Waals surface area (Å²) in [5.41, 5.74) is 1.46. The van der Waals surface area contributed by atoms with Crippen LogP contribution in [-0.4, -0.2) is 60.2 Å². The molecular formula is C19H21N5O5. The Morgan fingerprint density at radius 3 is 2.52 bits per heavy atom. The predicted molar refractivity (Wildman–Crippen MR) is 106 cm³/mol. The van der Waals surface area contributed by atoms with Gasteiger partial charge in [0.05, 0.1) is 18.9 Å². The molecule has 2 aromatic rings. The summed E-state index contributed by atoms with van der Waals surface area (Å²) < 4.78 is 11.3. The number of aromatic nitrogens is 1. The molecule has 4 rings (SSSR count). The fourth-order valence-electron chi connectivity index (χ4n) is 3.28. The number of benzene rings is 1. The number of piperazine rings is 1. The molecule has 10 nitrogen and oxygen atoms in total. The fourth-order valence-corrected chi connectivity index (χ4v) is 3.28. The van der Waals surface area contributed by atoms with E-state index in [9.17, 15) is 14.9 Å². The first-order chi connectivity index (χ1) is 14.1. The Kier molecular flexibility index (Phi) is 5.32. The number of ether oxygens (including phenoxy) is 2. The minimum Gasteiger partial charge on any atom is -0.490 e. The number of hydrogen-bond acceptors (Lipinski definition) is 7. The van der Waals surface area contributed by atoms with Gasteiger partial charge in [0.25, 0.3) is 0 Å². The Morgan fingerprint density at radius 2 is 1.83 bits per heavy atom. The zero-order chi connectivity index (χ0) is 20.2. The molecule has 29 heavy (non-hydrogen) atoms. The Balaban J connectivity index is 1.33. The molecule has 0 radical (unpaired) electrons. The van der Waals surface area contributed by atoms with E-state index in [-0.39, 0.29) is 11.8 Å². The molecule has 0 aliphatic carbocycles. The number of pyridine rings is 1. The molecular weight excluding hydrogens is 378 g/mol. The molecule has 0 spiro atoms. The van der Waals surface area contributed by atoms with Crippen molar-refractivity contribution in [1.82, 2.24) is 9.88 Å². The van der Waals surface area contributed by atoms with E-state index in [2.05, 4.69) is 10.3 Å². The Labute approximate surface area is 167 Å². The average molecular weight is 399 g/mol. The number of nitrogens with one attached hydrogen (secondary N) is 1. The third kappa shape index (κ3) is 4.31. The van der Waals surface area contributed by atoms with Gasteiger partial charge >= 0.3 is 11.8 Å². The molecule has 152 valence electrons. The maximum atomic E-state index is 12.6. The number of hydrogen-bond donors (Lipinski definition) is 1. The van der Waals surface area contributed by atoms with Crippen molar-refractivity contribution in [3.8, 4) is 11.5 Å². The van der Waals surface area contributed by atoms with Crippen molar-refractivity contribution in [3.63, 3.8) is 0 Å². The fraction of sp³-hybridized carbons (Fsp3) is 0.368. The minimum absolute atomic E-state index is 0.179. The molecule has 3 heterocycles. The van der Waals surface area contributed by atoms with Crippen molar-refractivity contribution < 1.29 is 19.2 Å². The lowest BCUT2D eigenvalue weighted by atomic mass is 10.2. The van der Waals surface area contributed by atoms with Crippen LogP contribution in [0.4, 0.5) is 22.0 Å². The first-order valence-corrected chi connectivity index (χ1v) is 9.41. The molecule has 0 saturated carbocycles. The number of rotatable bonds is 3. The van der Waals surface area contributed by atoms with Crippen LogP contribution in [0.25, 0.3) is 0 Å². The number of urea groups is 1. The number of fused-ring (bicyclic) bond motifs is 1. The molecule has 1 saturated heterocycles. The predicted octanol–water partition coefficient (Wildman–Crippen LogP) is 2.51. The minimum atomic E-state index is -0.522. The van der Waals surface area contributed by atoms with Gasteiger partial charge in [-0.2, -0.15) is 0 Å². The highest BCUT2D eigenvalue weighted by molar-refractivity contribution is 5.90. The molecule has 1 aromatic heterocycles. The summed E-state index contributed by atoms with van der Waals surface area (Å²) in [6, 6.07) is 8.26. The van der Waals surface area contributed by atoms with Crippen LogP contribution < -0.4 is 19.7 Å². The third-order valence-electron chi connectivity index (χ3n) is 4.85. The molecule has 2 amide bonds. The highest BCUT2D eigenvalue weighted by Crippen LogP contribution is 2.32. The van der Waals surface area contributed by atoms with Crippen LogP contribution in [0.5, 0.6) is 11.5 Å². The first kappa shape index (κ1) is 18.8. The van der Waals surface area contributed by atoms with Gasteiger partial charge in [0.15, 0.2) is 17.7 Å². The number of nitro groups is 1. The zero-order valence-corrected chi connectivity index (χ0v) is 15.7. The van der Waals surface area contributed by atoms with Gasteiger partial charge in [-0.05, 0) is 28.1 Å². The molecule has 1 fully saturated rings. The zero-order valence-electron chi connectivity index (χ0n) is 15.7. The largest absolute Gasteiger partial charge is 0.490 e. The SMILES string of the molecule is O=C(Nc1ccc2c(c1)OCCCO2)N1CCN(c2ccc([N+](=O)[O-])nc2)CC1. The van der Waals surface area contributed by atoms with Crippen LogP contribution in [0.3, 0.4) is 0 Å². The van der Waals surface area contributed by atoms with Gasteiger partial charge in [0.1, 0.15) is 0 Å². The van der Waals surface area contributed by atoms with E-state index >= 15 is 0 Å². The summed E-state index contributed by atoms with van der Waals surface area (Å²) in [6.07, 6.45) is 2.32. The van der Waals surface area contributed by atoms with Crippen LogP contribution in [0.15, 0.2) is 36.5 Å². The Hall–Kier alpha value is -3.56. The van der Waals surface area contributed by atoms with Crippen molar-refractivity contribution in [2.24, 2.45) is 0 Å². The van der Waals surface area contributed by atoms with Crippen molar-refractivity contribution in [1.29, 1.82) is 0 Å². The lowest BCUT2D eigenvalue weighted by molar-refractivity contribution is -0.389. The maximum absolute atomic E-state index is 12.6. The lowest BCUT2D eigenvalue weighted by Gasteiger charge is -2.35. The maximum Gasteiger partial charge on any atom is 0.363 e. The van der Waals surface area contributed by atoms with E-state index in [1.54, 1.807) is 29.2 Å². The van der Waals surface area contributed by atoms with Gasteiger partial charge < -0.3 is 34.7 Å². The van der Waals surface area contributed by atoms with Crippen molar-refractivity contribution in [3.05, 3.63) is 46.6 Å². The summed E-state index contributed by atoms with van der Waals surface area (Å²) in [4.78, 5) is 30.4. The van der Waals surface area contributed by atoms with E-state index in [0.717, 1.165) is 12.1 Å². The lowest BCUT2D eigenvalue weighted by Crippen LogP contribution is -2.50. The van der Waals surface area contributed by atoms with Gasteiger partial charge in [-0.3, -0.25) is 0 Å². The summed E-state index contributed by atoms with van der Waals surface area (Å²) in [5, 5.41) is 13.6. The molecule has 1 aromatic carbocycles. The van der Waals surface area contributed by atoms with Crippen LogP contribution in [0, 0.1) is 10.1 Å². The molecule has 0 unspecified atom stereocenters. The van der Waals surface area contributed by atoms with Crippen molar-refractivity contribution in [2.45, 2.75) is 6.42 Å². The summed E-state index contributed by atoms with van der Waals surface area (Å²) >= 11 is 0. The molecule has 2 aliphatic rings. The normalized spacial score (nSPS) is 16.1. The second kappa shape index (κ2) is 8.21. The molecule has 0 atom stereocenters. The molecule has 0 bridgehead atoms. The Bertz CT molecular complexity index is 896.